The van der Waals surface area contributed by atoms with E-state index in [1.54, 1.807) is 11.3 Å². The first-order valence-corrected chi connectivity index (χ1v) is 20.7. The van der Waals surface area contributed by atoms with Gasteiger partial charge in [-0.3, -0.25) is 0 Å². The van der Waals surface area contributed by atoms with Crippen molar-refractivity contribution in [3.8, 4) is 21.7 Å². The molecule has 0 N–H and O–H groups in total. The first kappa shape index (κ1) is 34.3. The van der Waals surface area contributed by atoms with Crippen molar-refractivity contribution in [2.24, 2.45) is 0 Å². The maximum Gasteiger partial charge on any atom is 0.124 e. The minimum atomic E-state index is -0.169. The number of hydrogen-bond donors (Lipinski definition) is 0. The second-order valence-corrected chi connectivity index (χ2v) is 16.6. The molecule has 1 aliphatic carbocycles. The highest BCUT2D eigenvalue weighted by Crippen LogP contribution is 2.54. The van der Waals surface area contributed by atoms with Crippen LogP contribution in [-0.2, 0) is 5.41 Å². The standard InChI is InChI=1S/C54H39N3S/c1-54(2)49-34-37-26-27-44(32-38(37)33-48(49)46-28-29-47-45(51(46)54)30-31-50-52(47)58-53(55-50)36-16-7-3-8-17-36)57(41-22-13-6-14-23-41)43-25-15-24-42(35-43)56(39-18-9-4-10-19-39)40-20-11-5-12-21-40/h3-35H,1-2H3. The van der Waals surface area contributed by atoms with E-state index in [4.69, 9.17) is 4.98 Å². The predicted molar refractivity (Wildman–Crippen MR) is 247 cm³/mol. The van der Waals surface area contributed by atoms with Gasteiger partial charge in [-0.25, -0.2) is 4.98 Å². The smallest absolute Gasteiger partial charge is 0.124 e. The van der Waals surface area contributed by atoms with Crippen LogP contribution in [0.25, 0.3) is 53.5 Å². The Morgan fingerprint density at radius 3 is 1.62 bits per heavy atom. The Hall–Kier alpha value is -7.01. The number of fused-ring (bicyclic) bond motifs is 8. The molecule has 58 heavy (non-hydrogen) atoms. The minimum Gasteiger partial charge on any atom is -0.310 e. The number of anilines is 6. The molecule has 0 spiro atoms. The van der Waals surface area contributed by atoms with Gasteiger partial charge < -0.3 is 9.80 Å². The van der Waals surface area contributed by atoms with Crippen molar-refractivity contribution >= 4 is 77.2 Å². The third-order valence-electron chi connectivity index (χ3n) is 11.8. The molecule has 3 nitrogen and oxygen atoms in total. The molecule has 0 unspecified atom stereocenters. The van der Waals surface area contributed by atoms with Gasteiger partial charge in [0.15, 0.2) is 0 Å². The molecule has 9 aromatic carbocycles. The van der Waals surface area contributed by atoms with Crippen molar-refractivity contribution in [3.05, 3.63) is 211 Å². The zero-order valence-corrected chi connectivity index (χ0v) is 33.1. The van der Waals surface area contributed by atoms with Gasteiger partial charge in [-0.15, -0.1) is 11.3 Å². The minimum absolute atomic E-state index is 0.169. The lowest BCUT2D eigenvalue weighted by molar-refractivity contribution is 0.667. The van der Waals surface area contributed by atoms with Crippen LogP contribution in [0.3, 0.4) is 0 Å². The van der Waals surface area contributed by atoms with Gasteiger partial charge >= 0.3 is 0 Å². The number of benzene rings is 9. The predicted octanol–water partition coefficient (Wildman–Crippen LogP) is 15.5. The molecule has 0 saturated carbocycles. The highest BCUT2D eigenvalue weighted by molar-refractivity contribution is 7.22. The van der Waals surface area contributed by atoms with E-state index >= 15 is 0 Å². The number of para-hydroxylation sites is 3. The maximum absolute atomic E-state index is 5.06. The van der Waals surface area contributed by atoms with Gasteiger partial charge in [-0.1, -0.05) is 129 Å². The third-order valence-corrected chi connectivity index (χ3v) is 12.9. The lowest BCUT2D eigenvalue weighted by Crippen LogP contribution is -2.15. The zero-order chi connectivity index (χ0) is 38.8. The fraction of sp³-hybridized carbons (Fsp3) is 0.0556. The molecule has 10 aromatic rings. The summed E-state index contributed by atoms with van der Waals surface area (Å²) in [7, 11) is 0. The fourth-order valence-electron chi connectivity index (χ4n) is 9.09. The average Bonchev–Trinajstić information content (AvgIpc) is 3.81. The second-order valence-electron chi connectivity index (χ2n) is 15.6. The number of aromatic nitrogens is 1. The molecule has 1 heterocycles. The van der Waals surface area contributed by atoms with Crippen molar-refractivity contribution in [1.29, 1.82) is 0 Å². The Morgan fingerprint density at radius 2 is 0.983 bits per heavy atom. The maximum atomic E-state index is 5.06. The van der Waals surface area contributed by atoms with Crippen LogP contribution in [-0.4, -0.2) is 4.98 Å². The highest BCUT2D eigenvalue weighted by Gasteiger charge is 2.37. The quantitative estimate of drug-likeness (QED) is 0.161. The van der Waals surface area contributed by atoms with E-state index in [9.17, 15) is 0 Å². The van der Waals surface area contributed by atoms with E-state index in [2.05, 4.69) is 224 Å². The zero-order valence-electron chi connectivity index (χ0n) is 32.3. The van der Waals surface area contributed by atoms with Crippen molar-refractivity contribution in [2.75, 3.05) is 9.80 Å². The first-order valence-electron chi connectivity index (χ1n) is 19.9. The summed E-state index contributed by atoms with van der Waals surface area (Å²) in [4.78, 5) is 9.75. The van der Waals surface area contributed by atoms with E-state index in [0.29, 0.717) is 0 Å². The van der Waals surface area contributed by atoms with Gasteiger partial charge in [0.05, 0.1) is 10.2 Å². The summed E-state index contributed by atoms with van der Waals surface area (Å²) in [6.07, 6.45) is 0. The SMILES string of the molecule is CC1(C)c2cc3ccc(N(c4ccccc4)c4cccc(N(c5ccccc5)c5ccccc5)c4)cc3cc2-c2ccc3c(ccc4nc(-c5ccccc5)sc43)c21. The summed E-state index contributed by atoms with van der Waals surface area (Å²) in [5, 5.41) is 6.12. The van der Waals surface area contributed by atoms with Gasteiger partial charge in [0.1, 0.15) is 5.01 Å². The molecular weight excluding hydrogens is 723 g/mol. The van der Waals surface area contributed by atoms with Crippen LogP contribution < -0.4 is 9.80 Å². The van der Waals surface area contributed by atoms with Crippen LogP contribution in [0.15, 0.2) is 200 Å². The Balaban J connectivity index is 1.04. The second kappa shape index (κ2) is 13.6. The van der Waals surface area contributed by atoms with E-state index in [1.165, 1.54) is 48.5 Å². The van der Waals surface area contributed by atoms with E-state index in [1.807, 2.05) is 0 Å². The summed E-state index contributed by atoms with van der Waals surface area (Å²) in [5.74, 6) is 0. The van der Waals surface area contributed by atoms with Gasteiger partial charge in [-0.05, 0) is 123 Å². The largest absolute Gasteiger partial charge is 0.310 e. The number of thiazole rings is 1. The fourth-order valence-corrected chi connectivity index (χ4v) is 10.2. The topological polar surface area (TPSA) is 19.4 Å². The monoisotopic (exact) mass is 761 g/mol. The molecule has 4 heteroatoms. The van der Waals surface area contributed by atoms with Gasteiger partial charge in [0.2, 0.25) is 0 Å². The van der Waals surface area contributed by atoms with Gasteiger partial charge in [0.25, 0.3) is 0 Å². The molecule has 276 valence electrons. The first-order chi connectivity index (χ1) is 28.5. The molecule has 0 bridgehead atoms. The summed E-state index contributed by atoms with van der Waals surface area (Å²) < 4.78 is 1.25. The molecule has 0 amide bonds. The highest BCUT2D eigenvalue weighted by atomic mass is 32.1. The van der Waals surface area contributed by atoms with Crippen molar-refractivity contribution in [1.82, 2.24) is 4.98 Å². The molecule has 1 aromatic heterocycles. The van der Waals surface area contributed by atoms with Crippen molar-refractivity contribution < 1.29 is 0 Å². The number of rotatable bonds is 7. The molecule has 0 radical (unpaired) electrons. The van der Waals surface area contributed by atoms with Crippen LogP contribution in [0.4, 0.5) is 34.1 Å². The van der Waals surface area contributed by atoms with Crippen molar-refractivity contribution in [3.63, 3.8) is 0 Å². The number of nitrogens with zero attached hydrogens (tertiary/aromatic N) is 3. The Kier molecular flexibility index (Phi) is 8.02. The summed E-state index contributed by atoms with van der Waals surface area (Å²) in [6.45, 7) is 4.78. The summed E-state index contributed by atoms with van der Waals surface area (Å²) in [5.41, 5.74) is 14.1. The van der Waals surface area contributed by atoms with Crippen molar-refractivity contribution in [2.45, 2.75) is 19.3 Å². The molecule has 0 atom stereocenters. The molecule has 0 fully saturated rings. The molecule has 11 rings (SSSR count). The van der Waals surface area contributed by atoms with Gasteiger partial charge in [-0.2, -0.15) is 0 Å². The molecular formula is C54H39N3S. The normalized spacial score (nSPS) is 12.8. The summed E-state index contributed by atoms with van der Waals surface area (Å²) >= 11 is 1.79. The van der Waals surface area contributed by atoms with Crippen LogP contribution in [0.2, 0.25) is 0 Å². The summed E-state index contributed by atoms with van der Waals surface area (Å²) in [6, 6.07) is 72.3. The third kappa shape index (κ3) is 5.60. The molecule has 1 aliphatic rings. The number of hydrogen-bond acceptors (Lipinski definition) is 4. The molecule has 0 aliphatic heterocycles. The Labute approximate surface area is 342 Å². The Morgan fingerprint density at radius 1 is 0.431 bits per heavy atom. The van der Waals surface area contributed by atoms with Crippen LogP contribution in [0.5, 0.6) is 0 Å². The molecule has 0 saturated heterocycles. The van der Waals surface area contributed by atoms with E-state index < -0.39 is 0 Å². The Bertz CT molecular complexity index is 3100. The van der Waals surface area contributed by atoms with Crippen LogP contribution >= 0.6 is 11.3 Å². The lowest BCUT2D eigenvalue weighted by atomic mass is 9.80. The lowest BCUT2D eigenvalue weighted by Gasteiger charge is -2.29. The average molecular weight is 762 g/mol. The van der Waals surface area contributed by atoms with E-state index in [0.717, 1.165) is 50.2 Å². The van der Waals surface area contributed by atoms with Crippen LogP contribution in [0.1, 0.15) is 25.0 Å². The van der Waals surface area contributed by atoms with Gasteiger partial charge in [0, 0.05) is 50.5 Å². The van der Waals surface area contributed by atoms with E-state index in [-0.39, 0.29) is 5.41 Å². The van der Waals surface area contributed by atoms with Crippen LogP contribution in [0, 0.1) is 0 Å².